The zero-order valence-corrected chi connectivity index (χ0v) is 13.4. The van der Waals surface area contributed by atoms with Crippen LogP contribution in [0.15, 0.2) is 17.0 Å². The van der Waals surface area contributed by atoms with Crippen LogP contribution in [0.2, 0.25) is 0 Å². The van der Waals surface area contributed by atoms with Crippen LogP contribution in [0.3, 0.4) is 0 Å². The van der Waals surface area contributed by atoms with Gasteiger partial charge in [-0.2, -0.15) is 0 Å². The maximum atomic E-state index is 12.5. The Morgan fingerprint density at radius 2 is 1.95 bits per heavy atom. The third-order valence-corrected chi connectivity index (χ3v) is 5.44. The molecule has 1 unspecified atom stereocenters. The van der Waals surface area contributed by atoms with Gasteiger partial charge in [-0.05, 0) is 30.5 Å². The Hall–Kier alpha value is -1.60. The average molecular weight is 315 g/mol. The molecule has 0 spiro atoms. The minimum Gasteiger partial charge on any atom is -0.507 e. The lowest BCUT2D eigenvalue weighted by Gasteiger charge is -2.21. The van der Waals surface area contributed by atoms with E-state index in [0.29, 0.717) is 12.1 Å². The normalized spacial score (nSPS) is 13.4. The van der Waals surface area contributed by atoms with Gasteiger partial charge in [-0.15, -0.1) is 0 Å². The van der Waals surface area contributed by atoms with E-state index in [4.69, 9.17) is 5.11 Å². The summed E-state index contributed by atoms with van der Waals surface area (Å²) < 4.78 is 26.3. The Bertz CT molecular complexity index is 639. The summed E-state index contributed by atoms with van der Waals surface area (Å²) in [6.07, 6.45) is 0.842. The minimum atomic E-state index is -3.79. The van der Waals surface area contributed by atoms with Gasteiger partial charge in [0.2, 0.25) is 10.0 Å². The molecule has 0 aliphatic carbocycles. The summed E-state index contributed by atoms with van der Waals surface area (Å²) >= 11 is 0. The standard InChI is InChI=1S/C14H21NO5S/c1-5-9(2)8-15(4)21(19,20)13-7-11(14(17)18)12(16)6-10(13)3/h6-7,9,16H,5,8H2,1-4H3,(H,17,18). The van der Waals surface area contributed by atoms with Crippen molar-refractivity contribution < 1.29 is 23.4 Å². The van der Waals surface area contributed by atoms with Crippen LogP contribution in [-0.2, 0) is 10.0 Å². The first-order valence-electron chi connectivity index (χ1n) is 6.64. The second kappa shape index (κ2) is 6.44. The molecule has 2 N–H and O–H groups in total. The molecule has 7 heteroatoms. The van der Waals surface area contributed by atoms with Gasteiger partial charge in [-0.3, -0.25) is 0 Å². The van der Waals surface area contributed by atoms with E-state index in [9.17, 15) is 18.3 Å². The number of benzene rings is 1. The van der Waals surface area contributed by atoms with E-state index in [1.807, 2.05) is 13.8 Å². The number of hydrogen-bond acceptors (Lipinski definition) is 4. The van der Waals surface area contributed by atoms with Gasteiger partial charge in [0.05, 0.1) is 4.90 Å². The zero-order valence-electron chi connectivity index (χ0n) is 12.6. The van der Waals surface area contributed by atoms with Crippen molar-refractivity contribution in [2.45, 2.75) is 32.1 Å². The first-order chi connectivity index (χ1) is 9.61. The van der Waals surface area contributed by atoms with Crippen molar-refractivity contribution in [3.63, 3.8) is 0 Å². The summed E-state index contributed by atoms with van der Waals surface area (Å²) in [5.74, 6) is -1.61. The summed E-state index contributed by atoms with van der Waals surface area (Å²) in [6.45, 7) is 5.79. The molecule has 21 heavy (non-hydrogen) atoms. The lowest BCUT2D eigenvalue weighted by atomic mass is 10.1. The van der Waals surface area contributed by atoms with Gasteiger partial charge in [-0.25, -0.2) is 17.5 Å². The van der Waals surface area contributed by atoms with Gasteiger partial charge < -0.3 is 10.2 Å². The number of aromatic hydroxyl groups is 1. The molecule has 1 aromatic rings. The molecule has 0 saturated carbocycles. The van der Waals surface area contributed by atoms with Crippen LogP contribution in [0.5, 0.6) is 5.75 Å². The molecule has 0 radical (unpaired) electrons. The molecule has 0 fully saturated rings. The smallest absolute Gasteiger partial charge is 0.339 e. The molecule has 1 atom stereocenters. The molecule has 0 amide bonds. The molecule has 0 heterocycles. The number of carbonyl (C=O) groups is 1. The van der Waals surface area contributed by atoms with E-state index in [-0.39, 0.29) is 10.8 Å². The SMILES string of the molecule is CCC(C)CN(C)S(=O)(=O)c1cc(C(=O)O)c(O)cc1C. The number of sulfonamides is 1. The Morgan fingerprint density at radius 1 is 1.38 bits per heavy atom. The molecule has 0 aliphatic rings. The number of rotatable bonds is 6. The number of nitrogens with zero attached hydrogens (tertiary/aromatic N) is 1. The molecule has 0 bridgehead atoms. The fourth-order valence-corrected chi connectivity index (χ4v) is 3.48. The Kier molecular flexibility index (Phi) is 5.36. The van der Waals surface area contributed by atoms with Crippen molar-refractivity contribution in [3.05, 3.63) is 23.3 Å². The van der Waals surface area contributed by atoms with Crippen LogP contribution in [0.1, 0.15) is 36.2 Å². The summed E-state index contributed by atoms with van der Waals surface area (Å²) in [7, 11) is -2.32. The zero-order chi connectivity index (χ0) is 16.4. The van der Waals surface area contributed by atoms with Crippen LogP contribution in [0.4, 0.5) is 0 Å². The highest BCUT2D eigenvalue weighted by atomic mass is 32.2. The van der Waals surface area contributed by atoms with Crippen molar-refractivity contribution in [1.82, 2.24) is 4.31 Å². The number of hydrogen-bond donors (Lipinski definition) is 2. The summed E-state index contributed by atoms with van der Waals surface area (Å²) in [5, 5.41) is 18.6. The summed E-state index contributed by atoms with van der Waals surface area (Å²) in [6, 6.07) is 2.17. The van der Waals surface area contributed by atoms with Crippen LogP contribution in [-0.4, -0.2) is 42.5 Å². The van der Waals surface area contributed by atoms with Crippen LogP contribution in [0, 0.1) is 12.8 Å². The molecule has 118 valence electrons. The van der Waals surface area contributed by atoms with Crippen molar-refractivity contribution in [3.8, 4) is 5.75 Å². The summed E-state index contributed by atoms with van der Waals surface area (Å²) in [5.41, 5.74) is -0.107. The maximum Gasteiger partial charge on any atom is 0.339 e. The number of phenols is 1. The van der Waals surface area contributed by atoms with Gasteiger partial charge in [-0.1, -0.05) is 20.3 Å². The Morgan fingerprint density at radius 3 is 2.43 bits per heavy atom. The van der Waals surface area contributed by atoms with Crippen LogP contribution < -0.4 is 0 Å². The highest BCUT2D eigenvalue weighted by molar-refractivity contribution is 7.89. The fraction of sp³-hybridized carbons (Fsp3) is 0.500. The average Bonchev–Trinajstić information content (AvgIpc) is 2.37. The van der Waals surface area contributed by atoms with E-state index in [0.717, 1.165) is 18.6 Å². The van der Waals surface area contributed by atoms with Gasteiger partial charge in [0.15, 0.2) is 0 Å². The van der Waals surface area contributed by atoms with Gasteiger partial charge in [0.1, 0.15) is 11.3 Å². The van der Waals surface area contributed by atoms with E-state index in [1.165, 1.54) is 18.3 Å². The van der Waals surface area contributed by atoms with Gasteiger partial charge in [0.25, 0.3) is 0 Å². The molecule has 6 nitrogen and oxygen atoms in total. The molecular weight excluding hydrogens is 294 g/mol. The Labute approximate surface area is 125 Å². The summed E-state index contributed by atoms with van der Waals surface area (Å²) in [4.78, 5) is 10.9. The molecule has 0 aromatic heterocycles. The second-order valence-corrected chi connectivity index (χ2v) is 7.25. The van der Waals surface area contributed by atoms with Crippen molar-refractivity contribution in [2.75, 3.05) is 13.6 Å². The van der Waals surface area contributed by atoms with Crippen molar-refractivity contribution in [2.24, 2.45) is 5.92 Å². The van der Waals surface area contributed by atoms with E-state index >= 15 is 0 Å². The van der Waals surface area contributed by atoms with Gasteiger partial charge in [0, 0.05) is 13.6 Å². The number of aromatic carboxylic acids is 1. The van der Waals surface area contributed by atoms with Crippen molar-refractivity contribution >= 4 is 16.0 Å². The van der Waals surface area contributed by atoms with Crippen LogP contribution in [0.25, 0.3) is 0 Å². The predicted molar refractivity (Wildman–Crippen MR) is 79.1 cm³/mol. The Balaban J connectivity index is 3.31. The first-order valence-corrected chi connectivity index (χ1v) is 8.08. The molecule has 0 aliphatic heterocycles. The van der Waals surface area contributed by atoms with E-state index < -0.39 is 27.3 Å². The molecule has 1 aromatic carbocycles. The lowest BCUT2D eigenvalue weighted by Crippen LogP contribution is -2.31. The highest BCUT2D eigenvalue weighted by Gasteiger charge is 2.26. The molecule has 1 rings (SSSR count). The van der Waals surface area contributed by atoms with Gasteiger partial charge >= 0.3 is 5.97 Å². The monoisotopic (exact) mass is 315 g/mol. The lowest BCUT2D eigenvalue weighted by molar-refractivity contribution is 0.0693. The predicted octanol–water partition coefficient (Wildman–Crippen LogP) is 2.07. The minimum absolute atomic E-state index is 0.0940. The first kappa shape index (κ1) is 17.5. The number of carboxylic acid groups (broad SMARTS) is 1. The third kappa shape index (κ3) is 3.74. The maximum absolute atomic E-state index is 12.5. The molecular formula is C14H21NO5S. The van der Waals surface area contributed by atoms with E-state index in [1.54, 1.807) is 0 Å². The van der Waals surface area contributed by atoms with E-state index in [2.05, 4.69) is 0 Å². The molecule has 0 saturated heterocycles. The topological polar surface area (TPSA) is 94.9 Å². The van der Waals surface area contributed by atoms with Crippen molar-refractivity contribution in [1.29, 1.82) is 0 Å². The third-order valence-electron chi connectivity index (χ3n) is 3.48. The number of aryl methyl sites for hydroxylation is 1. The fourth-order valence-electron chi connectivity index (χ4n) is 1.96. The number of carboxylic acids is 1. The highest BCUT2D eigenvalue weighted by Crippen LogP contribution is 2.27. The van der Waals surface area contributed by atoms with Crippen LogP contribution >= 0.6 is 0 Å². The second-order valence-electron chi connectivity index (χ2n) is 5.24. The largest absolute Gasteiger partial charge is 0.507 e. The quantitative estimate of drug-likeness (QED) is 0.838.